The number of rotatable bonds is 7. The number of nitrogens with zero attached hydrogens (tertiary/aromatic N) is 2. The lowest BCUT2D eigenvalue weighted by atomic mass is 9.94. The van der Waals surface area contributed by atoms with E-state index in [4.69, 9.17) is 9.47 Å². The van der Waals surface area contributed by atoms with Gasteiger partial charge in [0.05, 0.1) is 31.4 Å². The lowest BCUT2D eigenvalue weighted by Gasteiger charge is -2.26. The number of carbonyl (C=O) groups is 2. The highest BCUT2D eigenvalue weighted by Crippen LogP contribution is 2.42. The molecule has 8 nitrogen and oxygen atoms in total. The Labute approximate surface area is 180 Å². The number of methoxy groups -OCH3 is 2. The highest BCUT2D eigenvalue weighted by molar-refractivity contribution is 6.46. The quantitative estimate of drug-likeness (QED) is 0.398. The largest absolute Gasteiger partial charge is 0.508 e. The highest BCUT2D eigenvalue weighted by Gasteiger charge is 2.46. The van der Waals surface area contributed by atoms with Crippen molar-refractivity contribution in [3.8, 4) is 17.2 Å². The summed E-state index contributed by atoms with van der Waals surface area (Å²) in [6.45, 7) is 0.786. The number of Topliss-reactive ketones (excluding diaryl/α,β-unsaturated/α-hetero) is 1. The van der Waals surface area contributed by atoms with Crippen LogP contribution in [0, 0.1) is 0 Å². The molecule has 1 aliphatic rings. The van der Waals surface area contributed by atoms with Gasteiger partial charge in [0.1, 0.15) is 23.0 Å². The number of aliphatic hydroxyl groups excluding tert-OH is 1. The molecule has 1 saturated heterocycles. The summed E-state index contributed by atoms with van der Waals surface area (Å²) >= 11 is 0. The van der Waals surface area contributed by atoms with Gasteiger partial charge in [0, 0.05) is 13.1 Å². The molecule has 0 aromatic heterocycles. The number of aliphatic hydroxyl groups is 1. The van der Waals surface area contributed by atoms with E-state index in [9.17, 15) is 19.8 Å². The Bertz CT molecular complexity index is 1030. The van der Waals surface area contributed by atoms with Crippen molar-refractivity contribution in [3.63, 3.8) is 0 Å². The van der Waals surface area contributed by atoms with E-state index >= 15 is 0 Å². The number of amides is 1. The number of phenols is 1. The van der Waals surface area contributed by atoms with Crippen LogP contribution in [-0.2, 0) is 9.59 Å². The monoisotopic (exact) mass is 426 g/mol. The van der Waals surface area contributed by atoms with Crippen molar-refractivity contribution in [3.05, 3.63) is 59.2 Å². The van der Waals surface area contributed by atoms with Crippen molar-refractivity contribution in [1.82, 2.24) is 9.80 Å². The van der Waals surface area contributed by atoms with Gasteiger partial charge in [-0.25, -0.2) is 0 Å². The van der Waals surface area contributed by atoms with Crippen LogP contribution < -0.4 is 9.47 Å². The fourth-order valence-electron chi connectivity index (χ4n) is 3.60. The number of likely N-dealkylation sites (N-methyl/N-ethyl adjacent to an activating group) is 1. The predicted octanol–water partition coefficient (Wildman–Crippen LogP) is 2.39. The zero-order chi connectivity index (χ0) is 22.7. The summed E-state index contributed by atoms with van der Waals surface area (Å²) in [5.74, 6) is -1.09. The first-order chi connectivity index (χ1) is 14.8. The van der Waals surface area contributed by atoms with E-state index in [-0.39, 0.29) is 29.2 Å². The molecular weight excluding hydrogens is 400 g/mol. The van der Waals surface area contributed by atoms with Gasteiger partial charge in [-0.2, -0.15) is 0 Å². The molecule has 0 saturated carbocycles. The number of benzene rings is 2. The van der Waals surface area contributed by atoms with Gasteiger partial charge in [-0.3, -0.25) is 9.59 Å². The Balaban J connectivity index is 2.22. The van der Waals surface area contributed by atoms with Crippen LogP contribution >= 0.6 is 0 Å². The molecule has 2 aromatic rings. The summed E-state index contributed by atoms with van der Waals surface area (Å²) in [4.78, 5) is 29.2. The predicted molar refractivity (Wildman–Crippen MR) is 115 cm³/mol. The number of aromatic hydroxyl groups is 1. The van der Waals surface area contributed by atoms with Gasteiger partial charge in [0.15, 0.2) is 0 Å². The van der Waals surface area contributed by atoms with Crippen LogP contribution in [0.4, 0.5) is 0 Å². The first kappa shape index (κ1) is 22.2. The summed E-state index contributed by atoms with van der Waals surface area (Å²) < 4.78 is 10.6. The molecule has 2 N–H and O–H groups in total. The fraction of sp³-hybridized carbons (Fsp3) is 0.304. The second-order valence-corrected chi connectivity index (χ2v) is 7.46. The van der Waals surface area contributed by atoms with Crippen LogP contribution in [0.2, 0.25) is 0 Å². The third-order valence-corrected chi connectivity index (χ3v) is 5.18. The molecule has 8 heteroatoms. The molecule has 1 unspecified atom stereocenters. The minimum absolute atomic E-state index is 0.00495. The molecule has 1 aliphatic heterocycles. The Morgan fingerprint density at radius 1 is 1.10 bits per heavy atom. The van der Waals surface area contributed by atoms with Crippen molar-refractivity contribution in [1.29, 1.82) is 0 Å². The van der Waals surface area contributed by atoms with Gasteiger partial charge in [0.2, 0.25) is 0 Å². The van der Waals surface area contributed by atoms with Crippen LogP contribution in [0.15, 0.2) is 48.0 Å². The smallest absolute Gasteiger partial charge is 0.295 e. The van der Waals surface area contributed by atoms with Gasteiger partial charge in [-0.1, -0.05) is 12.1 Å². The van der Waals surface area contributed by atoms with Crippen LogP contribution in [0.3, 0.4) is 0 Å². The van der Waals surface area contributed by atoms with E-state index < -0.39 is 17.7 Å². The maximum Gasteiger partial charge on any atom is 0.295 e. The maximum atomic E-state index is 13.0. The van der Waals surface area contributed by atoms with Crippen molar-refractivity contribution >= 4 is 17.4 Å². The maximum absolute atomic E-state index is 13.0. The number of hydrogen-bond donors (Lipinski definition) is 2. The van der Waals surface area contributed by atoms with Crippen molar-refractivity contribution < 1.29 is 29.3 Å². The van der Waals surface area contributed by atoms with Gasteiger partial charge in [0.25, 0.3) is 11.7 Å². The van der Waals surface area contributed by atoms with Gasteiger partial charge in [-0.15, -0.1) is 0 Å². The van der Waals surface area contributed by atoms with Gasteiger partial charge >= 0.3 is 0 Å². The number of ether oxygens (including phenoxy) is 2. The van der Waals surface area contributed by atoms with Gasteiger partial charge < -0.3 is 29.5 Å². The average molecular weight is 426 g/mol. The third-order valence-electron chi connectivity index (χ3n) is 5.18. The average Bonchev–Trinajstić information content (AvgIpc) is 3.01. The standard InChI is InChI=1S/C23H26N2O6/c1-24(2)10-11-25-20(14-6-5-7-15(26)12-14)19(22(28)23(25)29)21(27)17-13-16(30-3)8-9-18(17)31-4/h5-9,12-13,20,26-27H,10-11H2,1-4H3/b21-19+. The second-order valence-electron chi connectivity index (χ2n) is 7.46. The number of ketones is 1. The molecule has 31 heavy (non-hydrogen) atoms. The first-order valence-corrected chi connectivity index (χ1v) is 9.73. The summed E-state index contributed by atoms with van der Waals surface area (Å²) in [7, 11) is 6.65. The molecule has 0 aliphatic carbocycles. The summed E-state index contributed by atoms with van der Waals surface area (Å²) in [5.41, 5.74) is 0.680. The van der Waals surface area contributed by atoms with Crippen LogP contribution in [0.5, 0.6) is 17.2 Å². The number of phenolic OH excluding ortho intramolecular Hbond substituents is 1. The lowest BCUT2D eigenvalue weighted by Crippen LogP contribution is -2.35. The number of hydrogen-bond acceptors (Lipinski definition) is 7. The van der Waals surface area contributed by atoms with Crippen molar-refractivity contribution in [2.24, 2.45) is 0 Å². The van der Waals surface area contributed by atoms with E-state index in [1.54, 1.807) is 30.3 Å². The summed E-state index contributed by atoms with van der Waals surface area (Å²) in [6, 6.07) is 10.3. The molecule has 0 radical (unpaired) electrons. The molecule has 3 rings (SSSR count). The van der Waals surface area contributed by atoms with E-state index in [0.29, 0.717) is 23.6 Å². The molecule has 2 aromatic carbocycles. The van der Waals surface area contributed by atoms with E-state index in [2.05, 4.69) is 0 Å². The highest BCUT2D eigenvalue weighted by atomic mass is 16.5. The van der Waals surface area contributed by atoms with Crippen LogP contribution in [-0.4, -0.2) is 73.1 Å². The minimum atomic E-state index is -0.858. The topological polar surface area (TPSA) is 99.5 Å². The summed E-state index contributed by atoms with van der Waals surface area (Å²) in [6.07, 6.45) is 0. The van der Waals surface area contributed by atoms with Crippen molar-refractivity contribution in [2.45, 2.75) is 6.04 Å². The van der Waals surface area contributed by atoms with Crippen LogP contribution in [0.1, 0.15) is 17.2 Å². The minimum Gasteiger partial charge on any atom is -0.508 e. The molecule has 1 amide bonds. The first-order valence-electron chi connectivity index (χ1n) is 9.73. The Morgan fingerprint density at radius 3 is 2.45 bits per heavy atom. The third kappa shape index (κ3) is 4.34. The molecule has 0 spiro atoms. The molecular formula is C23H26N2O6. The van der Waals surface area contributed by atoms with Gasteiger partial charge in [-0.05, 0) is 50.0 Å². The molecule has 164 valence electrons. The lowest BCUT2D eigenvalue weighted by molar-refractivity contribution is -0.140. The Hall–Kier alpha value is -3.52. The van der Waals surface area contributed by atoms with E-state index in [1.807, 2.05) is 19.0 Å². The molecule has 0 bridgehead atoms. The zero-order valence-electron chi connectivity index (χ0n) is 18.0. The van der Waals surface area contributed by atoms with E-state index in [0.717, 1.165) is 0 Å². The fourth-order valence-corrected chi connectivity index (χ4v) is 3.60. The summed E-state index contributed by atoms with van der Waals surface area (Å²) in [5, 5.41) is 21.2. The Morgan fingerprint density at radius 2 is 1.84 bits per heavy atom. The van der Waals surface area contributed by atoms with Crippen LogP contribution in [0.25, 0.3) is 5.76 Å². The molecule has 1 atom stereocenters. The SMILES string of the molecule is COc1ccc(OC)c(/C(O)=C2\C(=O)C(=O)N(CCN(C)C)C2c2cccc(O)c2)c1. The second kappa shape index (κ2) is 9.09. The molecule has 1 heterocycles. The van der Waals surface area contributed by atoms with Crippen molar-refractivity contribution in [2.75, 3.05) is 41.4 Å². The number of likely N-dealkylation sites (tertiary alicyclic amines) is 1. The Kier molecular flexibility index (Phi) is 6.50. The normalized spacial score (nSPS) is 18.0. The molecule has 1 fully saturated rings. The van der Waals surface area contributed by atoms with E-state index in [1.165, 1.54) is 31.3 Å². The number of carbonyl (C=O) groups excluding carboxylic acids is 2. The zero-order valence-corrected chi connectivity index (χ0v) is 18.0.